The Morgan fingerprint density at radius 2 is 1.89 bits per heavy atom. The zero-order valence-corrected chi connectivity index (χ0v) is 6.99. The summed E-state index contributed by atoms with van der Waals surface area (Å²) in [5.41, 5.74) is 0. The fourth-order valence-electron chi connectivity index (χ4n) is 0.179. The number of rotatable bonds is 0. The van der Waals surface area contributed by atoms with E-state index in [2.05, 4.69) is 0 Å². The van der Waals surface area contributed by atoms with Gasteiger partial charge in [0.05, 0.1) is 0 Å². The molecule has 0 heterocycles. The summed E-state index contributed by atoms with van der Waals surface area (Å²) < 4.78 is 34.2. The summed E-state index contributed by atoms with van der Waals surface area (Å²) in [6, 6.07) is 0. The fraction of sp³-hybridized carbons (Fsp3) is 0.667. The lowest BCUT2D eigenvalue weighted by Gasteiger charge is -2.18. The average Bonchev–Trinajstić information content (AvgIpc) is 1.62. The molecule has 9 heavy (non-hydrogen) atoms. The van der Waals surface area contributed by atoms with Crippen molar-refractivity contribution in [2.45, 2.75) is 13.2 Å². The second kappa shape index (κ2) is 2.38. The van der Waals surface area contributed by atoms with Crippen molar-refractivity contribution >= 4 is 16.3 Å². The number of hydrogen-bond acceptors (Lipinski definition) is 1. The molecule has 2 nitrogen and oxygen atoms in total. The van der Waals surface area contributed by atoms with Crippen LogP contribution in [0.5, 0.6) is 0 Å². The lowest BCUT2D eigenvalue weighted by Crippen LogP contribution is -2.39. The first kappa shape index (κ1) is 8.48. The van der Waals surface area contributed by atoms with Gasteiger partial charge in [-0.1, -0.05) is 0 Å². The van der Waals surface area contributed by atoms with E-state index in [1.807, 2.05) is 0 Å². The van der Waals surface area contributed by atoms with E-state index < -0.39 is 12.2 Å². The maximum atomic E-state index is 11.4. The second-order valence-corrected chi connectivity index (χ2v) is 2.44. The molecule has 0 aromatic carbocycles. The van der Waals surface area contributed by atoms with Gasteiger partial charge in [-0.3, -0.25) is 9.36 Å². The summed E-state index contributed by atoms with van der Waals surface area (Å²) in [6.45, 7) is 0.889. The van der Waals surface area contributed by atoms with E-state index in [-0.39, 0.29) is 15.0 Å². The number of hydrogen-bond donors (Lipinski definition) is 0. The first-order chi connectivity index (χ1) is 3.85. The highest BCUT2D eigenvalue weighted by molar-refractivity contribution is 6.13. The molecule has 0 aliphatic heterocycles. The monoisotopic (exact) mass is 157 g/mol. The Morgan fingerprint density at radius 3 is 1.89 bits per heavy atom. The Morgan fingerprint density at radius 1 is 1.56 bits per heavy atom. The molecule has 1 amide bonds. The first-order valence-electron chi connectivity index (χ1n) is 2.17. The summed E-state index contributed by atoms with van der Waals surface area (Å²) in [7, 11) is -0.309. The first-order valence-corrected chi connectivity index (χ1v) is 3.06. The molecule has 0 bridgehead atoms. The van der Waals surface area contributed by atoms with Crippen molar-refractivity contribution in [3.63, 3.8) is 0 Å². The van der Waals surface area contributed by atoms with E-state index in [0.29, 0.717) is 0 Å². The van der Waals surface area contributed by atoms with Crippen LogP contribution in [0.4, 0.5) is 13.2 Å². The predicted octanol–water partition coefficient (Wildman–Crippen LogP) is -0.365. The maximum absolute atomic E-state index is 11.4. The normalized spacial score (nSPS) is 11.6. The topological polar surface area (TPSA) is 20.3 Å². The molecule has 0 spiro atoms. The van der Waals surface area contributed by atoms with Crippen LogP contribution in [0.2, 0.25) is 0 Å². The highest BCUT2D eigenvalue weighted by atomic mass is 28.2. The predicted molar refractivity (Wildman–Crippen MR) is 28.5 cm³/mol. The van der Waals surface area contributed by atoms with Crippen LogP contribution < -0.4 is 0 Å². The summed E-state index contributed by atoms with van der Waals surface area (Å²) in [5.74, 6) is -0.950. The van der Waals surface area contributed by atoms with E-state index in [1.165, 1.54) is 0 Å². The van der Waals surface area contributed by atoms with Crippen molar-refractivity contribution in [2.24, 2.45) is 0 Å². The smallest absolute Gasteiger partial charge is 0.293 e. The number of alkyl halides is 3. The Kier molecular flexibility index (Phi) is 2.24. The molecule has 0 aliphatic carbocycles. The van der Waals surface area contributed by atoms with Gasteiger partial charge in [-0.25, -0.2) is 0 Å². The van der Waals surface area contributed by atoms with Crippen LogP contribution in [0.3, 0.4) is 0 Å². The van der Waals surface area contributed by atoms with E-state index in [1.54, 1.807) is 0 Å². The average molecular weight is 157 g/mol. The molecule has 0 aromatic heterocycles. The van der Waals surface area contributed by atoms with Crippen LogP contribution in [-0.4, -0.2) is 27.2 Å². The second-order valence-electron chi connectivity index (χ2n) is 1.55. The quantitative estimate of drug-likeness (QED) is 0.347. The van der Waals surface area contributed by atoms with Crippen LogP contribution >= 0.6 is 0 Å². The Hall–Kier alpha value is -0.523. The van der Waals surface area contributed by atoms with Crippen molar-refractivity contribution in [3.8, 4) is 0 Å². The number of halogens is 3. The molecule has 0 radical (unpaired) electrons. The fourth-order valence-corrected chi connectivity index (χ4v) is 0.179. The minimum Gasteiger partial charge on any atom is -0.293 e. The summed E-state index contributed by atoms with van der Waals surface area (Å²) in [5, 5.41) is 0. The molecule has 6 heteroatoms. The molecular weight excluding hydrogens is 151 g/mol. The molecule has 0 saturated heterocycles. The highest BCUT2D eigenvalue weighted by Crippen LogP contribution is 2.17. The summed E-state index contributed by atoms with van der Waals surface area (Å²) in [6.07, 6.45) is -4.47. The van der Waals surface area contributed by atoms with E-state index in [9.17, 15) is 18.0 Å². The largest absolute Gasteiger partial charge is 0.478 e. The Balaban J connectivity index is 4.04. The standard InChI is InChI=1S/C3H6F3NOSi/c1-2(8)7(9)3(4,5)6/h1,9H3. The van der Waals surface area contributed by atoms with Gasteiger partial charge in [0.2, 0.25) is 5.91 Å². The molecule has 0 aliphatic rings. The summed E-state index contributed by atoms with van der Waals surface area (Å²) >= 11 is 0. The van der Waals surface area contributed by atoms with Crippen LogP contribution in [0.25, 0.3) is 0 Å². The molecule has 54 valence electrons. The third-order valence-corrected chi connectivity index (χ3v) is 1.99. The summed E-state index contributed by atoms with van der Waals surface area (Å²) in [4.78, 5) is 10.0. The van der Waals surface area contributed by atoms with Crippen LogP contribution in [0.1, 0.15) is 6.92 Å². The molecule has 0 saturated carbocycles. The molecule has 0 atom stereocenters. The molecule has 0 aromatic rings. The van der Waals surface area contributed by atoms with Gasteiger partial charge < -0.3 is 0 Å². The maximum Gasteiger partial charge on any atom is 0.478 e. The van der Waals surface area contributed by atoms with Gasteiger partial charge in [0.25, 0.3) is 0 Å². The van der Waals surface area contributed by atoms with Gasteiger partial charge in [0, 0.05) is 6.92 Å². The van der Waals surface area contributed by atoms with E-state index in [4.69, 9.17) is 0 Å². The molecular formula is C3H6F3NOSi. The molecule has 0 rings (SSSR count). The highest BCUT2D eigenvalue weighted by Gasteiger charge is 2.34. The third-order valence-electron chi connectivity index (χ3n) is 0.853. The number of nitrogens with zero attached hydrogens (tertiary/aromatic N) is 1. The third kappa shape index (κ3) is 2.50. The van der Waals surface area contributed by atoms with E-state index >= 15 is 0 Å². The van der Waals surface area contributed by atoms with Crippen molar-refractivity contribution in [3.05, 3.63) is 0 Å². The van der Waals surface area contributed by atoms with Crippen molar-refractivity contribution in [1.29, 1.82) is 0 Å². The van der Waals surface area contributed by atoms with Crippen LogP contribution in [0, 0.1) is 0 Å². The Bertz CT molecular complexity index is 123. The van der Waals surface area contributed by atoms with Gasteiger partial charge in [0.1, 0.15) is 10.4 Å². The van der Waals surface area contributed by atoms with Crippen molar-refractivity contribution in [1.82, 2.24) is 4.57 Å². The number of carbonyl (C=O) groups excluding carboxylic acids is 1. The van der Waals surface area contributed by atoms with Gasteiger partial charge >= 0.3 is 6.30 Å². The number of carbonyl (C=O) groups is 1. The SMILES string of the molecule is CC(=O)N([SiH3])C(F)(F)F. The lowest BCUT2D eigenvalue weighted by atomic mass is 10.7. The van der Waals surface area contributed by atoms with Crippen molar-refractivity contribution < 1.29 is 18.0 Å². The zero-order chi connectivity index (χ0) is 7.65. The van der Waals surface area contributed by atoms with Gasteiger partial charge in [0.15, 0.2) is 0 Å². The van der Waals surface area contributed by atoms with Crippen molar-refractivity contribution in [2.75, 3.05) is 0 Å². The number of amides is 1. The van der Waals surface area contributed by atoms with E-state index in [0.717, 1.165) is 6.92 Å². The van der Waals surface area contributed by atoms with Crippen LogP contribution in [0.15, 0.2) is 0 Å². The van der Waals surface area contributed by atoms with Gasteiger partial charge in [-0.05, 0) is 0 Å². The molecule has 0 unspecified atom stereocenters. The minimum atomic E-state index is -4.47. The molecule has 0 fully saturated rings. The van der Waals surface area contributed by atoms with Crippen LogP contribution in [-0.2, 0) is 4.79 Å². The van der Waals surface area contributed by atoms with Gasteiger partial charge in [-0.2, -0.15) is 13.2 Å². The Labute approximate surface area is 53.1 Å². The zero-order valence-electron chi connectivity index (χ0n) is 4.99. The lowest BCUT2D eigenvalue weighted by molar-refractivity contribution is -0.211. The minimum absolute atomic E-state index is 0.146. The van der Waals surface area contributed by atoms with Gasteiger partial charge in [-0.15, -0.1) is 0 Å². The molecule has 0 N–H and O–H groups in total.